The highest BCUT2D eigenvalue weighted by Gasteiger charge is 2.17. The van der Waals surface area contributed by atoms with Gasteiger partial charge in [0.25, 0.3) is 0 Å². The van der Waals surface area contributed by atoms with Crippen LogP contribution in [0.3, 0.4) is 0 Å². The second-order valence-electron chi connectivity index (χ2n) is 4.56. The maximum Gasteiger partial charge on any atom is 0.172 e. The first-order valence-corrected chi connectivity index (χ1v) is 7.89. The second kappa shape index (κ2) is 6.48. The van der Waals surface area contributed by atoms with Crippen LogP contribution in [0.2, 0.25) is 0 Å². The Kier molecular flexibility index (Phi) is 4.95. The van der Waals surface area contributed by atoms with Crippen molar-refractivity contribution in [2.75, 3.05) is 5.75 Å². The normalized spacial score (nSPS) is 17.3. The first-order valence-electron chi connectivity index (χ1n) is 6.11. The molecular formula is C13H17BrN2OS. The molecule has 0 aliphatic heterocycles. The van der Waals surface area contributed by atoms with E-state index in [2.05, 4.69) is 21.1 Å². The average Bonchev–Trinajstić information content (AvgIpc) is 2.88. The Hall–Kier alpha value is -0.680. The molecule has 0 aromatic heterocycles. The van der Waals surface area contributed by atoms with Crippen LogP contribution in [0, 0.1) is 5.92 Å². The van der Waals surface area contributed by atoms with Crippen molar-refractivity contribution in [3.63, 3.8) is 0 Å². The van der Waals surface area contributed by atoms with E-state index >= 15 is 0 Å². The summed E-state index contributed by atoms with van der Waals surface area (Å²) >= 11 is 5.26. The van der Waals surface area contributed by atoms with E-state index in [1.807, 2.05) is 18.2 Å². The average molecular weight is 329 g/mol. The molecule has 1 saturated carbocycles. The molecule has 0 bridgehead atoms. The molecule has 0 amide bonds. The van der Waals surface area contributed by atoms with Gasteiger partial charge in [0.15, 0.2) is 5.84 Å². The Morgan fingerprint density at radius 1 is 1.44 bits per heavy atom. The molecule has 98 valence electrons. The molecule has 3 N–H and O–H groups in total. The zero-order chi connectivity index (χ0) is 13.0. The number of nitrogens with zero attached hydrogens (tertiary/aromatic N) is 1. The zero-order valence-corrected chi connectivity index (χ0v) is 12.5. The predicted molar refractivity (Wildman–Crippen MR) is 79.3 cm³/mol. The molecule has 1 aromatic rings. The largest absolute Gasteiger partial charge is 0.409 e. The summed E-state index contributed by atoms with van der Waals surface area (Å²) in [6.45, 7) is 0. The summed E-state index contributed by atoms with van der Waals surface area (Å²) in [6, 6.07) is 5.92. The summed E-state index contributed by atoms with van der Waals surface area (Å²) < 4.78 is 0.870. The van der Waals surface area contributed by atoms with Gasteiger partial charge in [-0.2, -0.15) is 0 Å². The Morgan fingerprint density at radius 2 is 2.17 bits per heavy atom. The van der Waals surface area contributed by atoms with E-state index < -0.39 is 0 Å². The molecular weight excluding hydrogens is 312 g/mol. The van der Waals surface area contributed by atoms with Gasteiger partial charge in [0, 0.05) is 20.7 Å². The summed E-state index contributed by atoms with van der Waals surface area (Å²) in [5.41, 5.74) is 6.53. The predicted octanol–water partition coefficient (Wildman–Crippen LogP) is 3.83. The van der Waals surface area contributed by atoms with Crippen LogP contribution >= 0.6 is 27.7 Å². The van der Waals surface area contributed by atoms with Crippen molar-refractivity contribution in [1.82, 2.24) is 0 Å². The maximum absolute atomic E-state index is 8.85. The number of thioether (sulfide) groups is 1. The van der Waals surface area contributed by atoms with Crippen molar-refractivity contribution in [2.24, 2.45) is 16.8 Å². The molecule has 1 aromatic carbocycles. The van der Waals surface area contributed by atoms with E-state index in [1.54, 1.807) is 11.8 Å². The van der Waals surface area contributed by atoms with E-state index in [1.165, 1.54) is 25.7 Å². The lowest BCUT2D eigenvalue weighted by Crippen LogP contribution is -2.15. The summed E-state index contributed by atoms with van der Waals surface area (Å²) in [5, 5.41) is 12.0. The number of halogens is 1. The maximum atomic E-state index is 8.85. The van der Waals surface area contributed by atoms with Crippen molar-refractivity contribution in [3.05, 3.63) is 28.2 Å². The monoisotopic (exact) mass is 328 g/mol. The van der Waals surface area contributed by atoms with Gasteiger partial charge in [-0.05, 0) is 46.8 Å². The van der Waals surface area contributed by atoms with Gasteiger partial charge in [0.05, 0.1) is 0 Å². The number of nitrogens with two attached hydrogens (primary N) is 1. The van der Waals surface area contributed by atoms with Crippen molar-refractivity contribution in [3.8, 4) is 0 Å². The van der Waals surface area contributed by atoms with E-state index in [4.69, 9.17) is 10.9 Å². The van der Waals surface area contributed by atoms with Gasteiger partial charge in [-0.25, -0.2) is 0 Å². The zero-order valence-electron chi connectivity index (χ0n) is 10.1. The standard InChI is InChI=1S/C13H17BrN2OS/c14-10-6-3-7-11(12(10)13(15)16-17)18-8-9-4-1-2-5-9/h3,6-7,9,17H,1-2,4-5,8H2,(H2,15,16). The molecule has 5 heteroatoms. The van der Waals surface area contributed by atoms with E-state index in [0.29, 0.717) is 0 Å². The van der Waals surface area contributed by atoms with Gasteiger partial charge in [0.2, 0.25) is 0 Å². The van der Waals surface area contributed by atoms with Crippen LogP contribution in [-0.4, -0.2) is 16.8 Å². The molecule has 1 fully saturated rings. The summed E-state index contributed by atoms with van der Waals surface area (Å²) in [5.74, 6) is 2.09. The van der Waals surface area contributed by atoms with Crippen LogP contribution in [0.25, 0.3) is 0 Å². The first kappa shape index (κ1) is 13.7. The van der Waals surface area contributed by atoms with E-state index in [0.717, 1.165) is 26.6 Å². The van der Waals surface area contributed by atoms with Gasteiger partial charge in [-0.15, -0.1) is 11.8 Å². The van der Waals surface area contributed by atoms with Crippen LogP contribution in [0.1, 0.15) is 31.2 Å². The lowest BCUT2D eigenvalue weighted by molar-refractivity contribution is 0.318. The van der Waals surface area contributed by atoms with Gasteiger partial charge in [-0.1, -0.05) is 24.1 Å². The highest BCUT2D eigenvalue weighted by molar-refractivity contribution is 9.10. The molecule has 1 aliphatic rings. The fourth-order valence-corrected chi connectivity index (χ4v) is 4.29. The minimum atomic E-state index is 0.163. The summed E-state index contributed by atoms with van der Waals surface area (Å²) in [7, 11) is 0. The Balaban J connectivity index is 2.13. The van der Waals surface area contributed by atoms with Gasteiger partial charge < -0.3 is 10.9 Å². The SMILES string of the molecule is N/C(=N/O)c1c(Br)cccc1SCC1CCCC1. The molecule has 0 heterocycles. The number of oxime groups is 1. The fourth-order valence-electron chi connectivity index (χ4n) is 2.31. The highest BCUT2D eigenvalue weighted by Crippen LogP contribution is 2.34. The third-order valence-electron chi connectivity index (χ3n) is 3.29. The van der Waals surface area contributed by atoms with Crippen LogP contribution in [0.4, 0.5) is 0 Å². The molecule has 0 radical (unpaired) electrons. The Bertz CT molecular complexity index is 445. The molecule has 0 unspecified atom stereocenters. The lowest BCUT2D eigenvalue weighted by atomic mass is 10.1. The number of benzene rings is 1. The number of hydrogen-bond acceptors (Lipinski definition) is 3. The molecule has 1 aliphatic carbocycles. The Labute approximate surface area is 120 Å². The molecule has 0 saturated heterocycles. The van der Waals surface area contributed by atoms with Gasteiger partial charge in [-0.3, -0.25) is 0 Å². The van der Waals surface area contributed by atoms with E-state index in [-0.39, 0.29) is 5.84 Å². The fraction of sp³-hybridized carbons (Fsp3) is 0.462. The van der Waals surface area contributed by atoms with Crippen LogP contribution in [-0.2, 0) is 0 Å². The highest BCUT2D eigenvalue weighted by atomic mass is 79.9. The minimum Gasteiger partial charge on any atom is -0.409 e. The first-order chi connectivity index (χ1) is 8.72. The van der Waals surface area contributed by atoms with Crippen molar-refractivity contribution in [2.45, 2.75) is 30.6 Å². The third kappa shape index (κ3) is 3.20. The van der Waals surface area contributed by atoms with Crippen molar-refractivity contribution in [1.29, 1.82) is 0 Å². The van der Waals surface area contributed by atoms with Gasteiger partial charge in [0.1, 0.15) is 0 Å². The molecule has 0 spiro atoms. The van der Waals surface area contributed by atoms with Crippen LogP contribution < -0.4 is 5.73 Å². The molecule has 2 rings (SSSR count). The quantitative estimate of drug-likeness (QED) is 0.290. The van der Waals surface area contributed by atoms with E-state index in [9.17, 15) is 0 Å². The Morgan fingerprint density at radius 3 is 2.83 bits per heavy atom. The smallest absolute Gasteiger partial charge is 0.172 e. The lowest BCUT2D eigenvalue weighted by Gasteiger charge is -2.12. The summed E-state index contributed by atoms with van der Waals surface area (Å²) in [6.07, 6.45) is 5.38. The third-order valence-corrected chi connectivity index (χ3v) is 5.24. The molecule has 0 atom stereocenters. The molecule has 18 heavy (non-hydrogen) atoms. The van der Waals surface area contributed by atoms with Gasteiger partial charge >= 0.3 is 0 Å². The van der Waals surface area contributed by atoms with Crippen molar-refractivity contribution >= 4 is 33.5 Å². The molecule has 3 nitrogen and oxygen atoms in total. The topological polar surface area (TPSA) is 58.6 Å². The van der Waals surface area contributed by atoms with Crippen molar-refractivity contribution < 1.29 is 5.21 Å². The van der Waals surface area contributed by atoms with Crippen LogP contribution in [0.5, 0.6) is 0 Å². The summed E-state index contributed by atoms with van der Waals surface area (Å²) in [4.78, 5) is 1.08. The number of hydrogen-bond donors (Lipinski definition) is 2. The number of rotatable bonds is 4. The van der Waals surface area contributed by atoms with Crippen LogP contribution in [0.15, 0.2) is 32.7 Å². The second-order valence-corrected chi connectivity index (χ2v) is 6.48. The number of amidine groups is 1. The minimum absolute atomic E-state index is 0.163.